The Bertz CT molecular complexity index is 512. The minimum absolute atomic E-state index is 0.0147. The normalized spacial score (nSPS) is 26.5. The van der Waals surface area contributed by atoms with Gasteiger partial charge in [0.15, 0.2) is 0 Å². The molecule has 120 valence electrons. The Balaban J connectivity index is 1.72. The number of halogens is 1. The van der Waals surface area contributed by atoms with Crippen molar-refractivity contribution < 1.29 is 9.18 Å². The summed E-state index contributed by atoms with van der Waals surface area (Å²) in [6.07, 6.45) is 6.56. The molecule has 3 nitrogen and oxygen atoms in total. The van der Waals surface area contributed by atoms with E-state index in [4.69, 9.17) is 5.73 Å². The molecule has 1 unspecified atom stereocenters. The van der Waals surface area contributed by atoms with Gasteiger partial charge in [-0.3, -0.25) is 4.79 Å². The summed E-state index contributed by atoms with van der Waals surface area (Å²) in [5.74, 6) is 0.742. The van der Waals surface area contributed by atoms with Crippen LogP contribution in [0.5, 0.6) is 0 Å². The van der Waals surface area contributed by atoms with Gasteiger partial charge in [-0.2, -0.15) is 0 Å². The first-order chi connectivity index (χ1) is 10.7. The summed E-state index contributed by atoms with van der Waals surface area (Å²) in [5.41, 5.74) is 6.81. The summed E-state index contributed by atoms with van der Waals surface area (Å²) in [7, 11) is 0. The van der Waals surface area contributed by atoms with E-state index in [0.29, 0.717) is 18.4 Å². The summed E-state index contributed by atoms with van der Waals surface area (Å²) in [4.78, 5) is 12.7. The third kappa shape index (κ3) is 3.17. The van der Waals surface area contributed by atoms with Crippen molar-refractivity contribution in [2.75, 3.05) is 6.54 Å². The Morgan fingerprint density at radius 3 is 2.45 bits per heavy atom. The van der Waals surface area contributed by atoms with Crippen molar-refractivity contribution in [1.82, 2.24) is 5.32 Å². The Morgan fingerprint density at radius 2 is 1.86 bits per heavy atom. The fourth-order valence-corrected chi connectivity index (χ4v) is 3.84. The highest BCUT2D eigenvalue weighted by molar-refractivity contribution is 5.79. The van der Waals surface area contributed by atoms with E-state index in [0.717, 1.165) is 37.7 Å². The number of hydrogen-bond donors (Lipinski definition) is 2. The Kier molecular flexibility index (Phi) is 4.77. The first kappa shape index (κ1) is 15.5. The number of nitrogens with two attached hydrogens (primary N) is 1. The molecule has 3 N–H and O–H groups in total. The van der Waals surface area contributed by atoms with Crippen LogP contribution in [0.2, 0.25) is 0 Å². The number of benzene rings is 1. The van der Waals surface area contributed by atoms with Crippen LogP contribution in [-0.2, 0) is 4.79 Å². The standard InChI is InChI=1S/C18H25FN2O/c19-15-9-7-13(8-10-15)17(12-3-1-4-12)21-18(22)16-6-2-5-14(16)11-20/h7-10,12,14,16-17H,1-6,11,20H2,(H,21,22)/t14-,16-,17?/m1/s1. The number of amides is 1. The third-order valence-corrected chi connectivity index (χ3v) is 5.45. The predicted molar refractivity (Wildman–Crippen MR) is 84.5 cm³/mol. The van der Waals surface area contributed by atoms with Gasteiger partial charge in [0, 0.05) is 5.92 Å². The molecule has 2 aliphatic rings. The van der Waals surface area contributed by atoms with Crippen LogP contribution in [0.4, 0.5) is 4.39 Å². The average molecular weight is 304 g/mol. The molecule has 0 saturated heterocycles. The van der Waals surface area contributed by atoms with Gasteiger partial charge in [-0.1, -0.05) is 25.0 Å². The van der Waals surface area contributed by atoms with Gasteiger partial charge in [0.25, 0.3) is 0 Å². The van der Waals surface area contributed by atoms with E-state index < -0.39 is 0 Å². The van der Waals surface area contributed by atoms with Crippen molar-refractivity contribution in [3.05, 3.63) is 35.6 Å². The maximum atomic E-state index is 13.2. The number of carbonyl (C=O) groups is 1. The average Bonchev–Trinajstić information content (AvgIpc) is 2.94. The number of rotatable bonds is 5. The lowest BCUT2D eigenvalue weighted by Crippen LogP contribution is -2.41. The van der Waals surface area contributed by atoms with E-state index in [1.807, 2.05) is 0 Å². The summed E-state index contributed by atoms with van der Waals surface area (Å²) >= 11 is 0. The third-order valence-electron chi connectivity index (χ3n) is 5.45. The minimum atomic E-state index is -0.235. The van der Waals surface area contributed by atoms with E-state index in [9.17, 15) is 9.18 Å². The van der Waals surface area contributed by atoms with Crippen LogP contribution in [0.3, 0.4) is 0 Å². The van der Waals surface area contributed by atoms with Crippen LogP contribution in [0.1, 0.15) is 50.1 Å². The molecule has 2 saturated carbocycles. The van der Waals surface area contributed by atoms with Gasteiger partial charge < -0.3 is 11.1 Å². The van der Waals surface area contributed by atoms with Crippen LogP contribution in [0, 0.1) is 23.6 Å². The molecule has 0 spiro atoms. The molecule has 0 aliphatic heterocycles. The molecule has 0 bridgehead atoms. The van der Waals surface area contributed by atoms with E-state index in [-0.39, 0.29) is 23.7 Å². The molecule has 4 heteroatoms. The molecule has 3 rings (SSSR count). The zero-order chi connectivity index (χ0) is 15.5. The number of carbonyl (C=O) groups excluding carboxylic acids is 1. The molecular weight excluding hydrogens is 279 g/mol. The molecule has 1 aromatic rings. The van der Waals surface area contributed by atoms with Gasteiger partial charge in [-0.15, -0.1) is 0 Å². The molecule has 0 radical (unpaired) electrons. The van der Waals surface area contributed by atoms with Crippen molar-refractivity contribution in [2.45, 2.75) is 44.6 Å². The van der Waals surface area contributed by atoms with Crippen LogP contribution in [0.15, 0.2) is 24.3 Å². The first-order valence-corrected chi connectivity index (χ1v) is 8.45. The van der Waals surface area contributed by atoms with Crippen molar-refractivity contribution in [3.8, 4) is 0 Å². The zero-order valence-corrected chi connectivity index (χ0v) is 12.9. The molecule has 0 heterocycles. The van der Waals surface area contributed by atoms with Crippen molar-refractivity contribution >= 4 is 5.91 Å². The lowest BCUT2D eigenvalue weighted by molar-refractivity contribution is -0.127. The van der Waals surface area contributed by atoms with Gasteiger partial charge in [-0.25, -0.2) is 4.39 Å². The summed E-state index contributed by atoms with van der Waals surface area (Å²) < 4.78 is 13.2. The van der Waals surface area contributed by atoms with E-state index in [1.54, 1.807) is 12.1 Å². The monoisotopic (exact) mass is 304 g/mol. The Labute approximate surface area is 131 Å². The predicted octanol–water partition coefficient (Wildman–Crippen LogP) is 3.16. The van der Waals surface area contributed by atoms with Crippen molar-refractivity contribution in [1.29, 1.82) is 0 Å². The quantitative estimate of drug-likeness (QED) is 0.878. The van der Waals surface area contributed by atoms with Crippen LogP contribution >= 0.6 is 0 Å². The number of nitrogens with one attached hydrogen (secondary N) is 1. The Morgan fingerprint density at radius 1 is 1.18 bits per heavy atom. The number of hydrogen-bond acceptors (Lipinski definition) is 2. The zero-order valence-electron chi connectivity index (χ0n) is 12.9. The lowest BCUT2D eigenvalue weighted by Gasteiger charge is -2.35. The van der Waals surface area contributed by atoms with Crippen molar-refractivity contribution in [2.24, 2.45) is 23.5 Å². The van der Waals surface area contributed by atoms with Crippen LogP contribution in [0.25, 0.3) is 0 Å². The molecular formula is C18H25FN2O. The summed E-state index contributed by atoms with van der Waals surface area (Å²) in [6.45, 7) is 0.586. The van der Waals surface area contributed by atoms with Crippen molar-refractivity contribution in [3.63, 3.8) is 0 Å². The smallest absolute Gasteiger partial charge is 0.223 e. The summed E-state index contributed by atoms with van der Waals surface area (Å²) in [5, 5.41) is 3.24. The molecule has 0 aromatic heterocycles. The highest BCUT2D eigenvalue weighted by Crippen LogP contribution is 2.39. The molecule has 3 atom stereocenters. The molecule has 1 amide bonds. The maximum Gasteiger partial charge on any atom is 0.223 e. The SMILES string of the molecule is NC[C@H]1CCC[C@H]1C(=O)NC(c1ccc(F)cc1)C1CCC1. The highest BCUT2D eigenvalue weighted by Gasteiger charge is 2.35. The largest absolute Gasteiger partial charge is 0.349 e. The van der Waals surface area contributed by atoms with Gasteiger partial charge in [0.1, 0.15) is 5.82 Å². The molecule has 22 heavy (non-hydrogen) atoms. The summed E-state index contributed by atoms with van der Waals surface area (Å²) in [6, 6.07) is 6.57. The van der Waals surface area contributed by atoms with Crippen LogP contribution in [-0.4, -0.2) is 12.5 Å². The van der Waals surface area contributed by atoms with E-state index in [2.05, 4.69) is 5.32 Å². The van der Waals surface area contributed by atoms with Gasteiger partial charge in [-0.05, 0) is 61.8 Å². The Hall–Kier alpha value is -1.42. The fourth-order valence-electron chi connectivity index (χ4n) is 3.84. The van der Waals surface area contributed by atoms with Crippen LogP contribution < -0.4 is 11.1 Å². The van der Waals surface area contributed by atoms with E-state index in [1.165, 1.54) is 18.6 Å². The fraction of sp³-hybridized carbons (Fsp3) is 0.611. The lowest BCUT2D eigenvalue weighted by atomic mass is 9.77. The second-order valence-electron chi connectivity index (χ2n) is 6.76. The van der Waals surface area contributed by atoms with Gasteiger partial charge >= 0.3 is 0 Å². The molecule has 2 aliphatic carbocycles. The second kappa shape index (κ2) is 6.78. The molecule has 2 fully saturated rings. The minimum Gasteiger partial charge on any atom is -0.349 e. The topological polar surface area (TPSA) is 55.1 Å². The highest BCUT2D eigenvalue weighted by atomic mass is 19.1. The molecule has 1 aromatic carbocycles. The maximum absolute atomic E-state index is 13.2. The first-order valence-electron chi connectivity index (χ1n) is 8.45. The second-order valence-corrected chi connectivity index (χ2v) is 6.76. The van der Waals surface area contributed by atoms with Gasteiger partial charge in [0.05, 0.1) is 6.04 Å². The van der Waals surface area contributed by atoms with Gasteiger partial charge in [0.2, 0.25) is 5.91 Å². The van der Waals surface area contributed by atoms with E-state index >= 15 is 0 Å².